The van der Waals surface area contributed by atoms with Crippen LogP contribution < -0.4 is 10.6 Å². The van der Waals surface area contributed by atoms with E-state index in [-0.39, 0.29) is 12.0 Å². The Morgan fingerprint density at radius 1 is 1.31 bits per heavy atom. The van der Waals surface area contributed by atoms with Crippen LogP contribution in [0.1, 0.15) is 56.2 Å². The van der Waals surface area contributed by atoms with E-state index in [4.69, 9.17) is 0 Å². The number of aromatic nitrogens is 2. The van der Waals surface area contributed by atoms with Gasteiger partial charge in [-0.2, -0.15) is 5.10 Å². The van der Waals surface area contributed by atoms with Crippen molar-refractivity contribution in [2.24, 2.45) is 12.0 Å². The number of rotatable bonds is 7. The molecule has 3 rings (SSSR count). The number of aryl methyl sites for hydroxylation is 2. The van der Waals surface area contributed by atoms with Gasteiger partial charge in [0.25, 0.3) is 0 Å². The fraction of sp³-hybridized carbons (Fsp3) is 0.565. The summed E-state index contributed by atoms with van der Waals surface area (Å²) in [5, 5.41) is 21.9. The zero-order valence-corrected chi connectivity index (χ0v) is 18.2. The second-order valence-electron chi connectivity index (χ2n) is 8.58. The van der Waals surface area contributed by atoms with E-state index in [1.54, 1.807) is 17.8 Å². The lowest BCUT2D eigenvalue weighted by molar-refractivity contribution is 0.0671. The SMILES string of the molecule is CCNC(=NCC(C)(O)c1cnn(C)c1)NCC1(c2cccc(C)c2)CCCC1. The van der Waals surface area contributed by atoms with Crippen molar-refractivity contribution in [2.45, 2.75) is 57.5 Å². The molecule has 1 atom stereocenters. The Balaban J connectivity index is 1.73. The molecule has 0 aliphatic heterocycles. The van der Waals surface area contributed by atoms with E-state index < -0.39 is 5.60 Å². The fourth-order valence-corrected chi connectivity index (χ4v) is 4.21. The zero-order valence-electron chi connectivity index (χ0n) is 18.2. The van der Waals surface area contributed by atoms with E-state index in [0.29, 0.717) is 0 Å². The van der Waals surface area contributed by atoms with Crippen molar-refractivity contribution in [1.29, 1.82) is 0 Å². The first-order valence-electron chi connectivity index (χ1n) is 10.7. The van der Waals surface area contributed by atoms with Gasteiger partial charge in [-0.1, -0.05) is 42.7 Å². The summed E-state index contributed by atoms with van der Waals surface area (Å²) in [6.45, 7) is 7.89. The Hall–Kier alpha value is -2.34. The summed E-state index contributed by atoms with van der Waals surface area (Å²) in [6.07, 6.45) is 8.44. The Morgan fingerprint density at radius 3 is 2.69 bits per heavy atom. The smallest absolute Gasteiger partial charge is 0.191 e. The second kappa shape index (κ2) is 8.99. The molecule has 1 saturated carbocycles. The molecule has 1 unspecified atom stereocenters. The second-order valence-corrected chi connectivity index (χ2v) is 8.58. The first-order valence-corrected chi connectivity index (χ1v) is 10.7. The van der Waals surface area contributed by atoms with Gasteiger partial charge in [0.1, 0.15) is 5.60 Å². The van der Waals surface area contributed by atoms with Gasteiger partial charge in [0.15, 0.2) is 5.96 Å². The standard InChI is InChI=1S/C23H35N5O/c1-5-24-21(25-16-22(3,29)20-14-27-28(4)15-20)26-17-23(11-6-7-12-23)19-10-8-9-18(2)13-19/h8-10,13-15,29H,5-7,11-12,16-17H2,1-4H3,(H2,24,25,26). The third kappa shape index (κ3) is 5.18. The largest absolute Gasteiger partial charge is 0.383 e. The molecule has 6 heteroatoms. The van der Waals surface area contributed by atoms with Crippen LogP contribution in [0.3, 0.4) is 0 Å². The van der Waals surface area contributed by atoms with Crippen molar-refractivity contribution in [3.63, 3.8) is 0 Å². The molecule has 0 bridgehead atoms. The van der Waals surface area contributed by atoms with Crippen LogP contribution in [0.2, 0.25) is 0 Å². The predicted molar refractivity (Wildman–Crippen MR) is 118 cm³/mol. The maximum Gasteiger partial charge on any atom is 0.191 e. The third-order valence-corrected chi connectivity index (χ3v) is 6.00. The van der Waals surface area contributed by atoms with Crippen LogP contribution in [0.15, 0.2) is 41.7 Å². The molecule has 1 heterocycles. The highest BCUT2D eigenvalue weighted by Crippen LogP contribution is 2.40. The molecule has 29 heavy (non-hydrogen) atoms. The number of aliphatic hydroxyl groups is 1. The highest BCUT2D eigenvalue weighted by molar-refractivity contribution is 5.80. The summed E-state index contributed by atoms with van der Waals surface area (Å²) in [4.78, 5) is 4.68. The topological polar surface area (TPSA) is 74.5 Å². The minimum Gasteiger partial charge on any atom is -0.383 e. The Labute approximate surface area is 174 Å². The van der Waals surface area contributed by atoms with Gasteiger partial charge in [0, 0.05) is 37.3 Å². The first kappa shape index (κ1) is 21.4. The quantitative estimate of drug-likeness (QED) is 0.496. The van der Waals surface area contributed by atoms with Crippen molar-refractivity contribution in [1.82, 2.24) is 20.4 Å². The van der Waals surface area contributed by atoms with Crippen molar-refractivity contribution < 1.29 is 5.11 Å². The molecule has 0 amide bonds. The Kier molecular flexibility index (Phi) is 6.63. The molecule has 0 saturated heterocycles. The van der Waals surface area contributed by atoms with E-state index >= 15 is 0 Å². The van der Waals surface area contributed by atoms with Gasteiger partial charge < -0.3 is 15.7 Å². The maximum atomic E-state index is 10.8. The van der Waals surface area contributed by atoms with E-state index in [1.807, 2.05) is 13.2 Å². The summed E-state index contributed by atoms with van der Waals surface area (Å²) >= 11 is 0. The lowest BCUT2D eigenvalue weighted by Gasteiger charge is -2.31. The molecule has 158 valence electrons. The third-order valence-electron chi connectivity index (χ3n) is 6.00. The molecular formula is C23H35N5O. The molecule has 0 radical (unpaired) electrons. The summed E-state index contributed by atoms with van der Waals surface area (Å²) < 4.78 is 1.70. The van der Waals surface area contributed by atoms with Gasteiger partial charge in [-0.15, -0.1) is 0 Å². The highest BCUT2D eigenvalue weighted by atomic mass is 16.3. The summed E-state index contributed by atoms with van der Waals surface area (Å²) in [7, 11) is 1.85. The van der Waals surface area contributed by atoms with E-state index in [9.17, 15) is 5.11 Å². The van der Waals surface area contributed by atoms with E-state index in [2.05, 4.69) is 58.8 Å². The van der Waals surface area contributed by atoms with Gasteiger partial charge in [-0.25, -0.2) is 4.99 Å². The number of hydrogen-bond donors (Lipinski definition) is 3. The van der Waals surface area contributed by atoms with E-state index in [1.165, 1.54) is 36.8 Å². The van der Waals surface area contributed by atoms with Crippen molar-refractivity contribution in [3.05, 3.63) is 53.3 Å². The average molecular weight is 398 g/mol. The molecule has 6 nitrogen and oxygen atoms in total. The number of nitrogens with one attached hydrogen (secondary N) is 2. The molecule has 1 aromatic heterocycles. The summed E-state index contributed by atoms with van der Waals surface area (Å²) in [6, 6.07) is 8.91. The summed E-state index contributed by atoms with van der Waals surface area (Å²) in [5.74, 6) is 0.746. The first-order chi connectivity index (χ1) is 13.8. The lowest BCUT2D eigenvalue weighted by atomic mass is 9.78. The number of nitrogens with zero attached hydrogens (tertiary/aromatic N) is 3. The van der Waals surface area contributed by atoms with Crippen LogP contribution in [0.5, 0.6) is 0 Å². The number of aliphatic imine (C=N–C) groups is 1. The molecule has 1 fully saturated rings. The molecule has 3 N–H and O–H groups in total. The van der Waals surface area contributed by atoms with Crippen LogP contribution in [0.25, 0.3) is 0 Å². The Morgan fingerprint density at radius 2 is 2.07 bits per heavy atom. The monoisotopic (exact) mass is 397 g/mol. The van der Waals surface area contributed by atoms with Crippen molar-refractivity contribution in [3.8, 4) is 0 Å². The van der Waals surface area contributed by atoms with E-state index in [0.717, 1.165) is 24.6 Å². The fourth-order valence-electron chi connectivity index (χ4n) is 4.21. The number of benzene rings is 1. The lowest BCUT2D eigenvalue weighted by Crippen LogP contribution is -2.45. The number of hydrogen-bond acceptors (Lipinski definition) is 3. The van der Waals surface area contributed by atoms with Gasteiger partial charge in [0.2, 0.25) is 0 Å². The van der Waals surface area contributed by atoms with Crippen LogP contribution in [-0.2, 0) is 18.1 Å². The molecule has 0 spiro atoms. The van der Waals surface area contributed by atoms with Crippen LogP contribution in [-0.4, -0.2) is 40.5 Å². The van der Waals surface area contributed by atoms with Gasteiger partial charge >= 0.3 is 0 Å². The Bertz CT molecular complexity index is 833. The van der Waals surface area contributed by atoms with Crippen molar-refractivity contribution >= 4 is 5.96 Å². The molecule has 1 aromatic carbocycles. The maximum absolute atomic E-state index is 10.8. The average Bonchev–Trinajstić information content (AvgIpc) is 3.34. The van der Waals surface area contributed by atoms with Gasteiger partial charge in [-0.3, -0.25) is 4.68 Å². The van der Waals surface area contributed by atoms with Gasteiger partial charge in [-0.05, 0) is 39.2 Å². The van der Waals surface area contributed by atoms with Crippen LogP contribution in [0.4, 0.5) is 0 Å². The predicted octanol–water partition coefficient (Wildman–Crippen LogP) is 3.00. The van der Waals surface area contributed by atoms with Crippen LogP contribution >= 0.6 is 0 Å². The minimum absolute atomic E-state index is 0.147. The summed E-state index contributed by atoms with van der Waals surface area (Å²) in [5.41, 5.74) is 2.58. The zero-order chi connectivity index (χ0) is 20.9. The van der Waals surface area contributed by atoms with Crippen LogP contribution in [0, 0.1) is 6.92 Å². The number of guanidine groups is 1. The molecule has 2 aromatic rings. The van der Waals surface area contributed by atoms with Gasteiger partial charge in [0.05, 0.1) is 12.7 Å². The molecule has 1 aliphatic carbocycles. The minimum atomic E-state index is -1.06. The molecular weight excluding hydrogens is 362 g/mol. The highest BCUT2D eigenvalue weighted by Gasteiger charge is 2.35. The normalized spacial score (nSPS) is 18.4. The molecule has 1 aliphatic rings. The van der Waals surface area contributed by atoms with Crippen molar-refractivity contribution in [2.75, 3.05) is 19.6 Å².